The average molecular weight is 405 g/mol. The van der Waals surface area contributed by atoms with Crippen molar-refractivity contribution in [1.29, 1.82) is 0 Å². The van der Waals surface area contributed by atoms with Crippen molar-refractivity contribution < 1.29 is 17.9 Å². The molecule has 3 aromatic carbocycles. The van der Waals surface area contributed by atoms with Crippen LogP contribution in [0.3, 0.4) is 0 Å². The minimum absolute atomic E-state index is 0.0880. The van der Waals surface area contributed by atoms with Crippen molar-refractivity contribution in [3.05, 3.63) is 84.3 Å². The summed E-state index contributed by atoms with van der Waals surface area (Å²) in [6, 6.07) is 14.5. The van der Waals surface area contributed by atoms with Gasteiger partial charge in [0.05, 0.1) is 18.1 Å². The second kappa shape index (κ2) is 6.88. The topological polar surface area (TPSA) is 39.9 Å². The van der Waals surface area contributed by atoms with Gasteiger partial charge in [0.15, 0.2) is 5.82 Å². The van der Waals surface area contributed by atoms with Gasteiger partial charge < -0.3 is 4.74 Å². The summed E-state index contributed by atoms with van der Waals surface area (Å²) in [5, 5.41) is 5.94. The van der Waals surface area contributed by atoms with Gasteiger partial charge in [-0.25, -0.2) is 17.9 Å². The quantitative estimate of drug-likeness (QED) is 0.389. The summed E-state index contributed by atoms with van der Waals surface area (Å²) in [4.78, 5) is 4.50. The molecular formula is C23H14F3N3O. The highest BCUT2D eigenvalue weighted by Gasteiger charge is 2.19. The summed E-state index contributed by atoms with van der Waals surface area (Å²) < 4.78 is 48.4. The van der Waals surface area contributed by atoms with Gasteiger partial charge in [-0.1, -0.05) is 0 Å². The van der Waals surface area contributed by atoms with Gasteiger partial charge in [-0.15, -0.1) is 0 Å². The molecule has 0 aliphatic rings. The van der Waals surface area contributed by atoms with Crippen molar-refractivity contribution in [3.63, 3.8) is 0 Å². The number of halogens is 3. The first kappa shape index (κ1) is 18.2. The van der Waals surface area contributed by atoms with Gasteiger partial charge >= 0.3 is 0 Å². The summed E-state index contributed by atoms with van der Waals surface area (Å²) in [5.41, 5.74) is 2.49. The maximum absolute atomic E-state index is 14.7. The first-order valence-electron chi connectivity index (χ1n) is 9.12. The third kappa shape index (κ3) is 2.86. The molecule has 0 fully saturated rings. The van der Waals surface area contributed by atoms with Gasteiger partial charge in [0.1, 0.15) is 28.8 Å². The average Bonchev–Trinajstić information content (AvgIpc) is 3.14. The SMILES string of the molecule is COc1ccc2ncc3c(-c4ccc(F)cc4)nn(-c4ccc(F)cc4F)c3c2c1. The summed E-state index contributed by atoms with van der Waals surface area (Å²) in [6.07, 6.45) is 1.65. The Bertz CT molecular complexity index is 1410. The predicted molar refractivity (Wildman–Crippen MR) is 108 cm³/mol. The maximum atomic E-state index is 14.7. The van der Waals surface area contributed by atoms with E-state index in [1.165, 1.54) is 28.9 Å². The second-order valence-electron chi connectivity index (χ2n) is 6.77. The molecule has 0 aliphatic carbocycles. The lowest BCUT2D eigenvalue weighted by molar-refractivity contribution is 0.415. The summed E-state index contributed by atoms with van der Waals surface area (Å²) in [6.45, 7) is 0. The maximum Gasteiger partial charge on any atom is 0.151 e. The minimum Gasteiger partial charge on any atom is -0.497 e. The lowest BCUT2D eigenvalue weighted by Gasteiger charge is -2.08. The van der Waals surface area contributed by atoms with E-state index in [0.29, 0.717) is 38.8 Å². The molecule has 4 nitrogen and oxygen atoms in total. The number of rotatable bonds is 3. The number of fused-ring (bicyclic) bond motifs is 3. The zero-order valence-electron chi connectivity index (χ0n) is 15.7. The number of hydrogen-bond acceptors (Lipinski definition) is 3. The van der Waals surface area contributed by atoms with Crippen LogP contribution < -0.4 is 4.74 Å². The van der Waals surface area contributed by atoms with Gasteiger partial charge in [-0.05, 0) is 54.6 Å². The van der Waals surface area contributed by atoms with Gasteiger partial charge in [0.2, 0.25) is 0 Å². The van der Waals surface area contributed by atoms with Gasteiger partial charge in [0, 0.05) is 28.6 Å². The van der Waals surface area contributed by atoms with Crippen molar-refractivity contribution >= 4 is 21.8 Å². The monoisotopic (exact) mass is 405 g/mol. The van der Waals surface area contributed by atoms with Crippen molar-refractivity contribution in [2.75, 3.05) is 7.11 Å². The van der Waals surface area contributed by atoms with E-state index in [2.05, 4.69) is 10.1 Å². The largest absolute Gasteiger partial charge is 0.497 e. The normalized spacial score (nSPS) is 11.3. The van der Waals surface area contributed by atoms with Crippen LogP contribution >= 0.6 is 0 Å². The van der Waals surface area contributed by atoms with Gasteiger partial charge in [-0.3, -0.25) is 4.98 Å². The molecule has 0 amide bonds. The van der Waals surface area contributed by atoms with E-state index < -0.39 is 11.6 Å². The molecule has 0 N–H and O–H groups in total. The molecule has 0 bridgehead atoms. The fraction of sp³-hybridized carbons (Fsp3) is 0.0435. The number of methoxy groups -OCH3 is 1. The third-order valence-electron chi connectivity index (χ3n) is 4.97. The van der Waals surface area contributed by atoms with Crippen LogP contribution in [0.5, 0.6) is 5.75 Å². The predicted octanol–water partition coefficient (Wildman–Crippen LogP) is 5.67. The Kier molecular flexibility index (Phi) is 4.17. The highest BCUT2D eigenvalue weighted by molar-refractivity contribution is 6.09. The van der Waals surface area contributed by atoms with Crippen LogP contribution in [0.15, 0.2) is 66.9 Å². The molecule has 0 radical (unpaired) electrons. The number of benzene rings is 3. The molecule has 2 aromatic heterocycles. The molecule has 30 heavy (non-hydrogen) atoms. The van der Waals surface area contributed by atoms with E-state index in [-0.39, 0.29) is 11.5 Å². The smallest absolute Gasteiger partial charge is 0.151 e. The molecule has 0 atom stereocenters. The molecule has 0 unspecified atom stereocenters. The second-order valence-corrected chi connectivity index (χ2v) is 6.77. The molecular weight excluding hydrogens is 391 g/mol. The van der Waals surface area contributed by atoms with Gasteiger partial charge in [0.25, 0.3) is 0 Å². The lowest BCUT2D eigenvalue weighted by Crippen LogP contribution is -2.01. The molecule has 148 valence electrons. The van der Waals surface area contributed by atoms with Crippen LogP contribution in [0.1, 0.15) is 0 Å². The molecule has 0 aliphatic heterocycles. The molecule has 7 heteroatoms. The summed E-state index contributed by atoms with van der Waals surface area (Å²) in [7, 11) is 1.55. The third-order valence-corrected chi connectivity index (χ3v) is 4.97. The fourth-order valence-corrected chi connectivity index (χ4v) is 3.54. The molecule has 0 spiro atoms. The Morgan fingerprint density at radius 2 is 1.60 bits per heavy atom. The van der Waals surface area contributed by atoms with E-state index in [1.54, 1.807) is 43.6 Å². The zero-order valence-corrected chi connectivity index (χ0v) is 15.7. The van der Waals surface area contributed by atoms with Crippen LogP contribution in [0.4, 0.5) is 13.2 Å². The molecule has 0 saturated heterocycles. The molecule has 5 rings (SSSR count). The number of nitrogens with zero attached hydrogens (tertiary/aromatic N) is 3. The van der Waals surface area contributed by atoms with Crippen LogP contribution in [0.25, 0.3) is 38.8 Å². The van der Waals surface area contributed by atoms with E-state index in [9.17, 15) is 13.2 Å². The van der Waals surface area contributed by atoms with Crippen molar-refractivity contribution in [1.82, 2.24) is 14.8 Å². The standard InChI is InChI=1S/C23H14F3N3O/c1-30-16-7-8-20-17(11-16)23-18(12-27-20)22(13-2-4-14(24)5-3-13)28-29(23)21-9-6-15(25)10-19(21)26/h2-12H,1H3. The number of aromatic nitrogens is 3. The van der Waals surface area contributed by atoms with Crippen LogP contribution in [0, 0.1) is 17.5 Å². The first-order valence-corrected chi connectivity index (χ1v) is 9.12. The molecule has 0 saturated carbocycles. The number of ether oxygens (including phenoxy) is 1. The fourth-order valence-electron chi connectivity index (χ4n) is 3.54. The highest BCUT2D eigenvalue weighted by Crippen LogP contribution is 2.35. The number of pyridine rings is 1. The Hall–Kier alpha value is -3.87. The summed E-state index contributed by atoms with van der Waals surface area (Å²) >= 11 is 0. The van der Waals surface area contributed by atoms with Crippen LogP contribution in [0.2, 0.25) is 0 Å². The lowest BCUT2D eigenvalue weighted by atomic mass is 10.1. The number of hydrogen-bond donors (Lipinski definition) is 0. The van der Waals surface area contributed by atoms with E-state index in [1.807, 2.05) is 0 Å². The van der Waals surface area contributed by atoms with Crippen molar-refractivity contribution in [2.45, 2.75) is 0 Å². The molecule has 5 aromatic rings. The Morgan fingerprint density at radius 1 is 0.833 bits per heavy atom. The zero-order chi connectivity index (χ0) is 20.8. The Labute approximate surface area is 169 Å². The van der Waals surface area contributed by atoms with E-state index >= 15 is 0 Å². The van der Waals surface area contributed by atoms with Gasteiger partial charge in [-0.2, -0.15) is 5.10 Å². The first-order chi connectivity index (χ1) is 14.5. The van der Waals surface area contributed by atoms with Crippen molar-refractivity contribution in [2.24, 2.45) is 0 Å². The van der Waals surface area contributed by atoms with Crippen molar-refractivity contribution in [3.8, 4) is 22.7 Å². The van der Waals surface area contributed by atoms with Crippen LogP contribution in [-0.2, 0) is 0 Å². The van der Waals surface area contributed by atoms with E-state index in [4.69, 9.17) is 4.74 Å². The van der Waals surface area contributed by atoms with E-state index in [0.717, 1.165) is 6.07 Å². The molecule has 2 heterocycles. The van der Waals surface area contributed by atoms with Crippen LogP contribution in [-0.4, -0.2) is 21.9 Å². The Morgan fingerprint density at radius 3 is 2.33 bits per heavy atom. The highest BCUT2D eigenvalue weighted by atomic mass is 19.1. The summed E-state index contributed by atoms with van der Waals surface area (Å²) in [5.74, 6) is -1.20. The Balaban J connectivity index is 1.91. The minimum atomic E-state index is -0.752.